The SMILES string of the molecule is O=C(c1cccc(OC2CCN(C3CSCCSC3)CC2)c1)N1CCCC1. The number of carbonyl (C=O) groups excluding carboxylic acids is 1. The lowest BCUT2D eigenvalue weighted by molar-refractivity contribution is 0.0785. The number of piperidine rings is 1. The number of hydrogen-bond acceptors (Lipinski definition) is 5. The first-order chi connectivity index (χ1) is 13.3. The second-order valence-corrected chi connectivity index (χ2v) is 9.98. The zero-order valence-electron chi connectivity index (χ0n) is 16.0. The lowest BCUT2D eigenvalue weighted by atomic mass is 10.1. The Morgan fingerprint density at radius 3 is 2.41 bits per heavy atom. The number of thioether (sulfide) groups is 2. The summed E-state index contributed by atoms with van der Waals surface area (Å²) in [4.78, 5) is 17.2. The molecule has 0 spiro atoms. The molecule has 4 rings (SSSR count). The van der Waals surface area contributed by atoms with E-state index in [-0.39, 0.29) is 12.0 Å². The molecule has 3 aliphatic heterocycles. The van der Waals surface area contributed by atoms with Gasteiger partial charge in [0.25, 0.3) is 5.91 Å². The molecule has 3 aliphatic rings. The molecular formula is C21H30N2O2S2. The van der Waals surface area contributed by atoms with Gasteiger partial charge in [0, 0.05) is 60.8 Å². The van der Waals surface area contributed by atoms with Gasteiger partial charge in [-0.2, -0.15) is 23.5 Å². The molecule has 1 aromatic carbocycles. The number of carbonyl (C=O) groups is 1. The van der Waals surface area contributed by atoms with E-state index in [4.69, 9.17) is 4.74 Å². The predicted molar refractivity (Wildman–Crippen MR) is 115 cm³/mol. The van der Waals surface area contributed by atoms with Gasteiger partial charge in [0.2, 0.25) is 0 Å². The van der Waals surface area contributed by atoms with Gasteiger partial charge in [0.1, 0.15) is 11.9 Å². The topological polar surface area (TPSA) is 32.8 Å². The van der Waals surface area contributed by atoms with Crippen LogP contribution in [0.25, 0.3) is 0 Å². The van der Waals surface area contributed by atoms with E-state index in [0.717, 1.165) is 69.2 Å². The maximum atomic E-state index is 12.6. The van der Waals surface area contributed by atoms with Crippen molar-refractivity contribution in [1.29, 1.82) is 0 Å². The Bertz CT molecular complexity index is 620. The van der Waals surface area contributed by atoms with Crippen molar-refractivity contribution in [2.24, 2.45) is 0 Å². The van der Waals surface area contributed by atoms with Crippen molar-refractivity contribution in [3.8, 4) is 5.75 Å². The summed E-state index contributed by atoms with van der Waals surface area (Å²) in [6.45, 7) is 4.03. The highest BCUT2D eigenvalue weighted by Crippen LogP contribution is 2.26. The minimum Gasteiger partial charge on any atom is -0.490 e. The van der Waals surface area contributed by atoms with Crippen LogP contribution in [-0.2, 0) is 0 Å². The molecule has 3 saturated heterocycles. The molecule has 6 heteroatoms. The van der Waals surface area contributed by atoms with E-state index in [1.54, 1.807) is 0 Å². The van der Waals surface area contributed by atoms with Gasteiger partial charge in [0.15, 0.2) is 0 Å². The van der Waals surface area contributed by atoms with Crippen LogP contribution < -0.4 is 4.74 Å². The van der Waals surface area contributed by atoms with Crippen LogP contribution in [0.5, 0.6) is 5.75 Å². The van der Waals surface area contributed by atoms with Crippen LogP contribution in [0.2, 0.25) is 0 Å². The highest BCUT2D eigenvalue weighted by atomic mass is 32.2. The molecule has 0 bridgehead atoms. The largest absolute Gasteiger partial charge is 0.490 e. The van der Waals surface area contributed by atoms with Gasteiger partial charge < -0.3 is 9.64 Å². The maximum Gasteiger partial charge on any atom is 0.253 e. The van der Waals surface area contributed by atoms with Gasteiger partial charge in [-0.25, -0.2) is 0 Å². The van der Waals surface area contributed by atoms with E-state index in [0.29, 0.717) is 0 Å². The second kappa shape index (κ2) is 9.57. The van der Waals surface area contributed by atoms with Crippen LogP contribution in [0.15, 0.2) is 24.3 Å². The fourth-order valence-corrected chi connectivity index (χ4v) is 6.80. The molecule has 3 heterocycles. The molecule has 0 saturated carbocycles. The molecule has 0 radical (unpaired) electrons. The number of rotatable bonds is 4. The van der Waals surface area contributed by atoms with Gasteiger partial charge in [-0.3, -0.25) is 9.69 Å². The Kier molecular flexibility index (Phi) is 6.90. The highest BCUT2D eigenvalue weighted by molar-refractivity contribution is 8.03. The Labute approximate surface area is 171 Å². The van der Waals surface area contributed by atoms with Crippen molar-refractivity contribution in [2.45, 2.75) is 37.8 Å². The third-order valence-electron chi connectivity index (χ3n) is 5.76. The minimum atomic E-state index is 0.149. The molecule has 1 amide bonds. The van der Waals surface area contributed by atoms with Gasteiger partial charge in [-0.05, 0) is 43.9 Å². The van der Waals surface area contributed by atoms with E-state index in [9.17, 15) is 4.79 Å². The van der Waals surface area contributed by atoms with Gasteiger partial charge >= 0.3 is 0 Å². The average molecular weight is 407 g/mol. The Morgan fingerprint density at radius 2 is 1.70 bits per heavy atom. The van der Waals surface area contributed by atoms with Crippen LogP contribution in [-0.4, -0.2) is 77.0 Å². The van der Waals surface area contributed by atoms with Crippen LogP contribution in [0.1, 0.15) is 36.0 Å². The van der Waals surface area contributed by atoms with E-state index in [1.165, 1.54) is 23.0 Å². The summed E-state index contributed by atoms with van der Waals surface area (Å²) in [6, 6.07) is 8.52. The van der Waals surface area contributed by atoms with E-state index >= 15 is 0 Å². The molecule has 0 N–H and O–H groups in total. The van der Waals surface area contributed by atoms with Crippen molar-refractivity contribution in [3.05, 3.63) is 29.8 Å². The number of nitrogens with zero attached hydrogens (tertiary/aromatic N) is 2. The van der Waals surface area contributed by atoms with E-state index in [2.05, 4.69) is 28.4 Å². The van der Waals surface area contributed by atoms with Crippen molar-refractivity contribution in [1.82, 2.24) is 9.80 Å². The third-order valence-corrected chi connectivity index (χ3v) is 8.25. The normalized spacial score (nSPS) is 23.3. The van der Waals surface area contributed by atoms with E-state index < -0.39 is 0 Å². The summed E-state index contributed by atoms with van der Waals surface area (Å²) in [7, 11) is 0. The van der Waals surface area contributed by atoms with Gasteiger partial charge in [-0.1, -0.05) is 6.07 Å². The minimum absolute atomic E-state index is 0.149. The fraction of sp³-hybridized carbons (Fsp3) is 0.667. The average Bonchev–Trinajstić information content (AvgIpc) is 3.11. The first-order valence-corrected chi connectivity index (χ1v) is 12.6. The Hall–Kier alpha value is -0.850. The standard InChI is InChI=1S/C21H30N2O2S2/c24-21(23-8-1-2-9-23)17-4-3-5-20(14-17)25-19-6-10-22(11-7-19)18-15-26-12-13-27-16-18/h3-5,14,18-19H,1-2,6-13,15-16H2. The summed E-state index contributed by atoms with van der Waals surface area (Å²) in [5.74, 6) is 6.15. The molecule has 0 aromatic heterocycles. The number of likely N-dealkylation sites (tertiary alicyclic amines) is 2. The van der Waals surface area contributed by atoms with Gasteiger partial charge in [0.05, 0.1) is 0 Å². The molecule has 0 unspecified atom stereocenters. The molecular weight excluding hydrogens is 376 g/mol. The number of benzene rings is 1. The molecule has 0 atom stereocenters. The quantitative estimate of drug-likeness (QED) is 0.763. The van der Waals surface area contributed by atoms with Gasteiger partial charge in [-0.15, -0.1) is 0 Å². The van der Waals surface area contributed by atoms with Crippen molar-refractivity contribution in [2.75, 3.05) is 49.2 Å². The summed E-state index contributed by atoms with van der Waals surface area (Å²) < 4.78 is 6.26. The lowest BCUT2D eigenvalue weighted by Gasteiger charge is -2.37. The summed E-state index contributed by atoms with van der Waals surface area (Å²) in [5, 5.41) is 0. The molecule has 148 valence electrons. The smallest absolute Gasteiger partial charge is 0.253 e. The van der Waals surface area contributed by atoms with Crippen LogP contribution in [0.3, 0.4) is 0 Å². The van der Waals surface area contributed by atoms with Crippen LogP contribution >= 0.6 is 23.5 Å². The lowest BCUT2D eigenvalue weighted by Crippen LogP contribution is -2.46. The molecule has 0 aliphatic carbocycles. The molecule has 27 heavy (non-hydrogen) atoms. The predicted octanol–water partition coefficient (Wildman–Crippen LogP) is 3.61. The zero-order valence-corrected chi connectivity index (χ0v) is 17.6. The molecule has 4 nitrogen and oxygen atoms in total. The summed E-state index contributed by atoms with van der Waals surface area (Å²) in [5.41, 5.74) is 0.763. The zero-order chi connectivity index (χ0) is 18.5. The Morgan fingerprint density at radius 1 is 1.00 bits per heavy atom. The second-order valence-electron chi connectivity index (χ2n) is 7.68. The first kappa shape index (κ1) is 19.5. The number of hydrogen-bond donors (Lipinski definition) is 0. The van der Waals surface area contributed by atoms with Crippen molar-refractivity contribution in [3.63, 3.8) is 0 Å². The van der Waals surface area contributed by atoms with Crippen LogP contribution in [0.4, 0.5) is 0 Å². The highest BCUT2D eigenvalue weighted by Gasteiger charge is 2.27. The maximum absolute atomic E-state index is 12.6. The van der Waals surface area contributed by atoms with Crippen molar-refractivity contribution < 1.29 is 9.53 Å². The Balaban J connectivity index is 1.30. The first-order valence-electron chi connectivity index (χ1n) is 10.2. The monoisotopic (exact) mass is 406 g/mol. The number of ether oxygens (including phenoxy) is 1. The molecule has 3 fully saturated rings. The summed E-state index contributed by atoms with van der Waals surface area (Å²) >= 11 is 4.21. The third kappa shape index (κ3) is 5.15. The van der Waals surface area contributed by atoms with Crippen molar-refractivity contribution >= 4 is 29.4 Å². The molecule has 1 aromatic rings. The van der Waals surface area contributed by atoms with Crippen LogP contribution in [0, 0.1) is 0 Å². The van der Waals surface area contributed by atoms with E-state index in [1.807, 2.05) is 29.2 Å². The number of amides is 1. The summed E-state index contributed by atoms with van der Waals surface area (Å²) in [6.07, 6.45) is 4.67. The fourth-order valence-electron chi connectivity index (χ4n) is 4.17.